The summed E-state index contributed by atoms with van der Waals surface area (Å²) in [5.74, 6) is -0.598. The van der Waals surface area contributed by atoms with Crippen LogP contribution in [0.4, 0.5) is 10.1 Å². The Balaban J connectivity index is 1.01. The number of ether oxygens (including phenoxy) is 2. The summed E-state index contributed by atoms with van der Waals surface area (Å²) < 4.78 is 52.5. The molecule has 0 radical (unpaired) electrons. The maximum atomic E-state index is 14.4. The zero-order valence-electron chi connectivity index (χ0n) is 35.3. The first-order valence-electron chi connectivity index (χ1n) is 21.0. The number of unbranched alkanes of at least 4 members (excludes halogenated alkanes) is 3. The van der Waals surface area contributed by atoms with Gasteiger partial charge in [0, 0.05) is 40.4 Å². The molecule has 4 N–H and O–H groups in total. The molecular formula is C45H55FN6O7S2. The molecule has 1 aliphatic heterocycles. The Hall–Kier alpha value is -5.09. The van der Waals surface area contributed by atoms with E-state index >= 15 is 0 Å². The molecule has 16 heteroatoms. The van der Waals surface area contributed by atoms with E-state index in [1.807, 2.05) is 42.7 Å². The molecular weight excluding hydrogens is 820 g/mol. The van der Waals surface area contributed by atoms with Crippen LogP contribution in [-0.2, 0) is 24.4 Å². The minimum Gasteiger partial charge on any atom is -0.496 e. The highest BCUT2D eigenvalue weighted by Crippen LogP contribution is 2.44. The molecule has 2 aliphatic carbocycles. The second-order valence-corrected chi connectivity index (χ2v) is 20.2. The first-order chi connectivity index (χ1) is 29.1. The molecule has 4 aromatic rings. The van der Waals surface area contributed by atoms with Crippen molar-refractivity contribution in [3.63, 3.8) is 0 Å². The van der Waals surface area contributed by atoms with Gasteiger partial charge in [0.1, 0.15) is 46.2 Å². The average molecular weight is 875 g/mol. The molecule has 3 aliphatic rings. The quantitative estimate of drug-likeness (QED) is 0.0635. The van der Waals surface area contributed by atoms with Crippen LogP contribution in [0.25, 0.3) is 21.6 Å². The number of nitrogens with one attached hydrogen (secondary N) is 2. The number of pyridine rings is 1. The Morgan fingerprint density at radius 3 is 2.49 bits per heavy atom. The van der Waals surface area contributed by atoms with Gasteiger partial charge in [-0.1, -0.05) is 38.8 Å². The first-order valence-corrected chi connectivity index (χ1v) is 23.4. The van der Waals surface area contributed by atoms with E-state index in [-0.39, 0.29) is 36.6 Å². The first kappa shape index (κ1) is 44.0. The number of fused-ring (bicyclic) bond motifs is 1. The van der Waals surface area contributed by atoms with Gasteiger partial charge in [0.05, 0.1) is 29.6 Å². The summed E-state index contributed by atoms with van der Waals surface area (Å²) in [5, 5.41) is 6.81. The number of hydrogen-bond donors (Lipinski definition) is 3. The summed E-state index contributed by atoms with van der Waals surface area (Å²) in [4.78, 5) is 51.3. The molecule has 2 aromatic carbocycles. The summed E-state index contributed by atoms with van der Waals surface area (Å²) in [7, 11) is -2.03. The third kappa shape index (κ3) is 10.0. The normalized spacial score (nSPS) is 21.1. The van der Waals surface area contributed by atoms with Gasteiger partial charge in [-0.3, -0.25) is 19.1 Å². The number of carbonyl (C=O) groups excluding carboxylic acids is 3. The summed E-state index contributed by atoms with van der Waals surface area (Å²) in [6.07, 6.45) is 8.94. The maximum absolute atomic E-state index is 14.4. The zero-order valence-corrected chi connectivity index (χ0v) is 36.9. The number of anilines is 1. The number of carbonyl (C=O) groups is 3. The number of halogens is 1. The van der Waals surface area contributed by atoms with Gasteiger partial charge < -0.3 is 25.4 Å². The van der Waals surface area contributed by atoms with Crippen molar-refractivity contribution in [3.8, 4) is 22.2 Å². The predicted molar refractivity (Wildman–Crippen MR) is 234 cm³/mol. The van der Waals surface area contributed by atoms with Crippen molar-refractivity contribution in [1.82, 2.24) is 19.6 Å². The number of benzene rings is 2. The number of aryl methyl sites for hydroxylation is 1. The Bertz CT molecular complexity index is 2420. The summed E-state index contributed by atoms with van der Waals surface area (Å²) in [6.45, 7) is 7.89. The number of nitrogens with two attached hydrogens (primary N) is 1. The molecule has 5 atom stereocenters. The molecule has 61 heavy (non-hydrogen) atoms. The van der Waals surface area contributed by atoms with Crippen molar-refractivity contribution in [1.29, 1.82) is 0 Å². The number of nitrogens with zero attached hydrogens (tertiary/aromatic N) is 3. The minimum atomic E-state index is -3.65. The molecule has 2 saturated carbocycles. The van der Waals surface area contributed by atoms with Crippen LogP contribution in [0.2, 0.25) is 0 Å². The molecule has 3 fully saturated rings. The maximum Gasteiger partial charge on any atom is 0.245 e. The third-order valence-electron chi connectivity index (χ3n) is 12.1. The number of sulfonamides is 1. The van der Waals surface area contributed by atoms with Crippen LogP contribution >= 0.6 is 11.3 Å². The van der Waals surface area contributed by atoms with E-state index in [0.29, 0.717) is 60.5 Å². The second kappa shape index (κ2) is 18.1. The lowest BCUT2D eigenvalue weighted by Crippen LogP contribution is -2.49. The zero-order chi connectivity index (χ0) is 43.6. The highest BCUT2D eigenvalue weighted by Gasteiger charge is 2.52. The molecule has 3 heterocycles. The molecule has 0 unspecified atom stereocenters. The highest BCUT2D eigenvalue weighted by atomic mass is 32.2. The fourth-order valence-electron chi connectivity index (χ4n) is 7.82. The van der Waals surface area contributed by atoms with Gasteiger partial charge in [-0.2, -0.15) is 0 Å². The fourth-order valence-corrected chi connectivity index (χ4v) is 10.1. The molecule has 13 nitrogen and oxygen atoms in total. The average Bonchev–Trinajstić information content (AvgIpc) is 4.06. The Morgan fingerprint density at radius 2 is 1.82 bits per heavy atom. The summed E-state index contributed by atoms with van der Waals surface area (Å²) >= 11 is 1.50. The van der Waals surface area contributed by atoms with E-state index in [1.54, 1.807) is 26.2 Å². The highest BCUT2D eigenvalue weighted by molar-refractivity contribution is 7.91. The van der Waals surface area contributed by atoms with Crippen molar-refractivity contribution in [2.75, 3.05) is 19.0 Å². The van der Waals surface area contributed by atoms with Gasteiger partial charge in [-0.05, 0) is 101 Å². The van der Waals surface area contributed by atoms with Gasteiger partial charge >= 0.3 is 0 Å². The molecule has 3 amide bonds. The van der Waals surface area contributed by atoms with Gasteiger partial charge in [0.25, 0.3) is 0 Å². The van der Waals surface area contributed by atoms with Crippen LogP contribution in [0.1, 0.15) is 95.7 Å². The van der Waals surface area contributed by atoms with Crippen LogP contribution in [0.15, 0.2) is 60.0 Å². The van der Waals surface area contributed by atoms with E-state index < -0.39 is 50.6 Å². The van der Waals surface area contributed by atoms with Gasteiger partial charge in [0.2, 0.25) is 27.7 Å². The van der Waals surface area contributed by atoms with Gasteiger partial charge in [0.15, 0.2) is 0 Å². The largest absolute Gasteiger partial charge is 0.496 e. The molecule has 0 spiro atoms. The Labute approximate surface area is 360 Å². The molecule has 326 valence electrons. The number of allylic oxidation sites excluding steroid dienone is 2. The predicted octanol–water partition coefficient (Wildman–Crippen LogP) is 7.39. The summed E-state index contributed by atoms with van der Waals surface area (Å²) in [5.41, 5.74) is 9.65. The van der Waals surface area contributed by atoms with Crippen molar-refractivity contribution < 1.29 is 36.7 Å². The Kier molecular flexibility index (Phi) is 13.0. The number of primary amides is 1. The number of hydrogen-bond acceptors (Lipinski definition) is 11. The third-order valence-corrected chi connectivity index (χ3v) is 15.2. The number of aromatic nitrogens is 2. The van der Waals surface area contributed by atoms with Crippen LogP contribution in [0.5, 0.6) is 11.5 Å². The fraction of sp³-hybridized carbons (Fsp3) is 0.489. The molecule has 2 aromatic heterocycles. The molecule has 7 rings (SSSR count). The smallest absolute Gasteiger partial charge is 0.245 e. The number of thiazole rings is 1. The number of methoxy groups -OCH3 is 1. The lowest BCUT2D eigenvalue weighted by atomic mass is 10.0. The van der Waals surface area contributed by atoms with E-state index in [2.05, 4.69) is 23.9 Å². The van der Waals surface area contributed by atoms with Crippen molar-refractivity contribution >= 4 is 55.7 Å². The molecule has 0 bridgehead atoms. The van der Waals surface area contributed by atoms with Crippen LogP contribution in [-0.4, -0.2) is 77.6 Å². The minimum absolute atomic E-state index is 0.0264. The lowest BCUT2D eigenvalue weighted by Gasteiger charge is -2.28. The number of rotatable bonds is 19. The van der Waals surface area contributed by atoms with Crippen molar-refractivity contribution in [2.24, 2.45) is 17.6 Å². The van der Waals surface area contributed by atoms with Crippen LogP contribution < -0.4 is 25.2 Å². The topological polar surface area (TPSA) is 183 Å². The van der Waals surface area contributed by atoms with Crippen LogP contribution in [0, 0.1) is 24.6 Å². The SMILES string of the molecule is COc1ccc2c(O[C@@H]3C[C@@H](C(N)=O)N(C(=O)[C@H](CCCCC/C=C\[C@@H]4C[C@@H]4C(=O)NS(=O)(=O)C4(C)CC4)Nc4ccc(F)cc4)C3)cc(-c3nc(C(C)C)cs3)nc2c1C. The van der Waals surface area contributed by atoms with Crippen LogP contribution in [0.3, 0.4) is 0 Å². The van der Waals surface area contributed by atoms with Crippen molar-refractivity contribution in [3.05, 3.63) is 77.1 Å². The monoisotopic (exact) mass is 874 g/mol. The number of amides is 3. The van der Waals surface area contributed by atoms with E-state index in [1.165, 1.54) is 28.4 Å². The van der Waals surface area contributed by atoms with E-state index in [0.717, 1.165) is 40.9 Å². The van der Waals surface area contributed by atoms with Crippen molar-refractivity contribution in [2.45, 2.75) is 114 Å². The Morgan fingerprint density at radius 1 is 1.07 bits per heavy atom. The second-order valence-electron chi connectivity index (χ2n) is 17.1. The molecule has 1 saturated heterocycles. The van der Waals surface area contributed by atoms with Gasteiger partial charge in [-0.25, -0.2) is 22.8 Å². The number of likely N-dealkylation sites (tertiary alicyclic amines) is 1. The van der Waals surface area contributed by atoms with E-state index in [9.17, 15) is 27.2 Å². The lowest BCUT2D eigenvalue weighted by molar-refractivity contribution is -0.138. The standard InChI is InChI=1S/C45H55FN6O7S2/c1-26(2)36-25-60-43(50-36)35-23-39(32-17-18-38(58-5)27(3)40(32)49-35)59-31-22-37(41(47)53)52(24-31)44(55)34(48-30-15-13-29(46)14-16-30)12-10-8-6-7-9-11-28-21-33(28)42(54)51-61(56,57)45(4)19-20-45/h9,11,13-18,23,25-26,28,31,33-34,37,48H,6-8,10,12,19-22,24H2,1-5H3,(H2,47,53)(H,51,54)/b11-9-/t28-,31-,33+,34+,37+/m1/s1. The van der Waals surface area contributed by atoms with Gasteiger partial charge in [-0.15, -0.1) is 11.3 Å². The van der Waals surface area contributed by atoms with E-state index in [4.69, 9.17) is 25.2 Å². The summed E-state index contributed by atoms with van der Waals surface area (Å²) in [6, 6.07) is 9.76.